The van der Waals surface area contributed by atoms with E-state index in [1.807, 2.05) is 0 Å². The van der Waals surface area contributed by atoms with Crippen LogP contribution < -0.4 is 5.32 Å². The van der Waals surface area contributed by atoms with E-state index in [-0.39, 0.29) is 11.9 Å². The number of amides is 1. The summed E-state index contributed by atoms with van der Waals surface area (Å²) in [4.78, 5) is 13.3. The zero-order valence-corrected chi connectivity index (χ0v) is 12.5. The number of nitrogens with zero attached hydrogens (tertiary/aromatic N) is 1. The number of hydrogen-bond acceptors (Lipinski definition) is 2. The van der Waals surface area contributed by atoms with Crippen molar-refractivity contribution in [3.05, 3.63) is 59.7 Å². The van der Waals surface area contributed by atoms with E-state index >= 15 is 0 Å². The molecule has 0 bridgehead atoms. The van der Waals surface area contributed by atoms with E-state index in [1.54, 1.807) is 19.0 Å². The van der Waals surface area contributed by atoms with Crippen LogP contribution in [-0.2, 0) is 4.79 Å². The van der Waals surface area contributed by atoms with E-state index in [4.69, 9.17) is 0 Å². The molecule has 0 heterocycles. The van der Waals surface area contributed by atoms with Crippen molar-refractivity contribution in [2.45, 2.75) is 12.5 Å². The molecule has 108 valence electrons. The molecule has 1 amide bonds. The van der Waals surface area contributed by atoms with E-state index in [9.17, 15) is 4.79 Å². The molecule has 2 aromatic rings. The number of benzene rings is 2. The normalized spacial score (nSPS) is 12.9. The van der Waals surface area contributed by atoms with Crippen LogP contribution >= 0.6 is 0 Å². The summed E-state index contributed by atoms with van der Waals surface area (Å²) >= 11 is 0. The molecule has 0 aliphatic heterocycles. The Labute approximate surface area is 125 Å². The first kappa shape index (κ1) is 13.8. The largest absolute Gasteiger partial charge is 0.349 e. The Morgan fingerprint density at radius 2 is 1.52 bits per heavy atom. The lowest BCUT2D eigenvalue weighted by Crippen LogP contribution is -2.28. The van der Waals surface area contributed by atoms with Gasteiger partial charge in [0.25, 0.3) is 0 Å². The van der Waals surface area contributed by atoms with Gasteiger partial charge in [-0.05, 0) is 22.3 Å². The van der Waals surface area contributed by atoms with Gasteiger partial charge in [0.15, 0.2) is 0 Å². The standard InChI is InChI=1S/C18H20N2O/c1-20(2)17(21)11-12-19-18-15-9-5-3-7-13(15)14-8-4-6-10-16(14)18/h3-10,18-19H,11-12H2,1-2H3. The van der Waals surface area contributed by atoms with Crippen LogP contribution in [0.5, 0.6) is 0 Å². The molecule has 0 saturated carbocycles. The second kappa shape index (κ2) is 5.70. The molecule has 0 radical (unpaired) electrons. The predicted molar refractivity (Wildman–Crippen MR) is 85.0 cm³/mol. The van der Waals surface area contributed by atoms with Gasteiger partial charge < -0.3 is 10.2 Å². The zero-order chi connectivity index (χ0) is 14.8. The molecule has 0 atom stereocenters. The van der Waals surface area contributed by atoms with Crippen LogP contribution in [0, 0.1) is 0 Å². The Kier molecular flexibility index (Phi) is 3.76. The fourth-order valence-electron chi connectivity index (χ4n) is 2.92. The third kappa shape index (κ3) is 2.57. The predicted octanol–water partition coefficient (Wildman–Crippen LogP) is 2.82. The van der Waals surface area contributed by atoms with Crippen LogP contribution in [0.1, 0.15) is 23.6 Å². The minimum absolute atomic E-state index is 0.155. The Bertz CT molecular complexity index is 618. The summed E-state index contributed by atoms with van der Waals surface area (Å²) in [5, 5.41) is 3.53. The van der Waals surface area contributed by atoms with Gasteiger partial charge in [-0.15, -0.1) is 0 Å². The lowest BCUT2D eigenvalue weighted by Gasteiger charge is -2.17. The summed E-state index contributed by atoms with van der Waals surface area (Å²) in [7, 11) is 3.59. The maximum Gasteiger partial charge on any atom is 0.223 e. The molecule has 3 nitrogen and oxygen atoms in total. The highest BCUT2D eigenvalue weighted by molar-refractivity contribution is 5.78. The summed E-state index contributed by atoms with van der Waals surface area (Å²) in [5.41, 5.74) is 5.20. The van der Waals surface area contributed by atoms with E-state index in [2.05, 4.69) is 53.8 Å². The highest BCUT2D eigenvalue weighted by atomic mass is 16.2. The molecular formula is C18H20N2O. The molecule has 0 saturated heterocycles. The average molecular weight is 280 g/mol. The summed E-state index contributed by atoms with van der Waals surface area (Å²) in [6.07, 6.45) is 0.522. The number of fused-ring (bicyclic) bond motifs is 3. The lowest BCUT2D eigenvalue weighted by atomic mass is 10.1. The Morgan fingerprint density at radius 1 is 1.00 bits per heavy atom. The van der Waals surface area contributed by atoms with Gasteiger partial charge in [0.1, 0.15) is 0 Å². The first-order valence-corrected chi connectivity index (χ1v) is 7.30. The number of carbonyl (C=O) groups is 1. The van der Waals surface area contributed by atoms with Crippen LogP contribution in [-0.4, -0.2) is 31.4 Å². The van der Waals surface area contributed by atoms with Crippen molar-refractivity contribution < 1.29 is 4.79 Å². The topological polar surface area (TPSA) is 32.3 Å². The van der Waals surface area contributed by atoms with Crippen molar-refractivity contribution in [1.29, 1.82) is 0 Å². The molecule has 1 N–H and O–H groups in total. The molecular weight excluding hydrogens is 260 g/mol. The van der Waals surface area contributed by atoms with E-state index in [1.165, 1.54) is 22.3 Å². The molecule has 0 aromatic heterocycles. The molecule has 0 fully saturated rings. The van der Waals surface area contributed by atoms with Crippen LogP contribution in [0.3, 0.4) is 0 Å². The van der Waals surface area contributed by atoms with Crippen molar-refractivity contribution in [2.24, 2.45) is 0 Å². The van der Waals surface area contributed by atoms with Crippen LogP contribution in [0.25, 0.3) is 11.1 Å². The number of nitrogens with one attached hydrogen (secondary N) is 1. The third-order valence-electron chi connectivity index (χ3n) is 4.02. The van der Waals surface area contributed by atoms with Gasteiger partial charge in [-0.3, -0.25) is 4.79 Å². The molecule has 1 aliphatic rings. The van der Waals surface area contributed by atoms with Crippen molar-refractivity contribution in [2.75, 3.05) is 20.6 Å². The monoisotopic (exact) mass is 280 g/mol. The Hall–Kier alpha value is -2.13. The summed E-state index contributed by atoms with van der Waals surface area (Å²) in [5.74, 6) is 0.155. The van der Waals surface area contributed by atoms with Crippen LogP contribution in [0.2, 0.25) is 0 Å². The molecule has 1 aliphatic carbocycles. The fourth-order valence-corrected chi connectivity index (χ4v) is 2.92. The second-order valence-electron chi connectivity index (χ2n) is 5.60. The van der Waals surface area contributed by atoms with Crippen molar-refractivity contribution in [1.82, 2.24) is 10.2 Å². The van der Waals surface area contributed by atoms with E-state index in [0.29, 0.717) is 13.0 Å². The minimum Gasteiger partial charge on any atom is -0.349 e. The summed E-state index contributed by atoms with van der Waals surface area (Å²) in [6.45, 7) is 0.685. The van der Waals surface area contributed by atoms with E-state index in [0.717, 1.165) is 0 Å². The van der Waals surface area contributed by atoms with Gasteiger partial charge in [-0.25, -0.2) is 0 Å². The van der Waals surface area contributed by atoms with Gasteiger partial charge in [-0.1, -0.05) is 48.5 Å². The van der Waals surface area contributed by atoms with Crippen molar-refractivity contribution in [3.8, 4) is 11.1 Å². The third-order valence-corrected chi connectivity index (χ3v) is 4.02. The molecule has 21 heavy (non-hydrogen) atoms. The average Bonchev–Trinajstić information content (AvgIpc) is 2.82. The quantitative estimate of drug-likeness (QED) is 0.934. The van der Waals surface area contributed by atoms with Gasteiger partial charge >= 0.3 is 0 Å². The SMILES string of the molecule is CN(C)C(=O)CCNC1c2ccccc2-c2ccccc21. The first-order valence-electron chi connectivity index (χ1n) is 7.30. The molecule has 3 rings (SSSR count). The maximum absolute atomic E-state index is 11.7. The van der Waals surface area contributed by atoms with Gasteiger partial charge in [0, 0.05) is 27.1 Å². The molecule has 0 spiro atoms. The summed E-state index contributed by atoms with van der Waals surface area (Å²) in [6, 6.07) is 17.2. The molecule has 3 heteroatoms. The number of carbonyl (C=O) groups excluding carboxylic acids is 1. The highest BCUT2D eigenvalue weighted by Crippen LogP contribution is 2.42. The van der Waals surface area contributed by atoms with Crippen LogP contribution in [0.4, 0.5) is 0 Å². The Morgan fingerprint density at radius 3 is 2.05 bits per heavy atom. The maximum atomic E-state index is 11.7. The van der Waals surface area contributed by atoms with Crippen molar-refractivity contribution in [3.63, 3.8) is 0 Å². The number of rotatable bonds is 4. The highest BCUT2D eigenvalue weighted by Gasteiger charge is 2.27. The zero-order valence-electron chi connectivity index (χ0n) is 12.5. The number of hydrogen-bond donors (Lipinski definition) is 1. The summed E-state index contributed by atoms with van der Waals surface area (Å²) < 4.78 is 0. The lowest BCUT2D eigenvalue weighted by molar-refractivity contribution is -0.128. The van der Waals surface area contributed by atoms with E-state index < -0.39 is 0 Å². The molecule has 2 aromatic carbocycles. The van der Waals surface area contributed by atoms with Gasteiger partial charge in [0.2, 0.25) is 5.91 Å². The smallest absolute Gasteiger partial charge is 0.223 e. The van der Waals surface area contributed by atoms with Crippen molar-refractivity contribution >= 4 is 5.91 Å². The van der Waals surface area contributed by atoms with Gasteiger partial charge in [0.05, 0.1) is 6.04 Å². The second-order valence-corrected chi connectivity index (χ2v) is 5.60. The first-order chi connectivity index (χ1) is 10.2. The van der Waals surface area contributed by atoms with Crippen LogP contribution in [0.15, 0.2) is 48.5 Å². The fraction of sp³-hybridized carbons (Fsp3) is 0.278. The minimum atomic E-state index is 0.155. The molecule has 0 unspecified atom stereocenters. The van der Waals surface area contributed by atoms with Gasteiger partial charge in [-0.2, -0.15) is 0 Å². The Balaban J connectivity index is 1.81.